The van der Waals surface area contributed by atoms with Crippen LogP contribution in [-0.4, -0.2) is 19.6 Å². The Morgan fingerprint density at radius 2 is 1.57 bits per heavy atom. The van der Waals surface area contributed by atoms with Crippen molar-refractivity contribution in [2.75, 3.05) is 19.6 Å². The first kappa shape index (κ1) is 13.9. The molecular formula is C12H28N2. The van der Waals surface area contributed by atoms with Gasteiger partial charge >= 0.3 is 0 Å². The summed E-state index contributed by atoms with van der Waals surface area (Å²) in [5.74, 6) is 0.826. The van der Waals surface area contributed by atoms with Gasteiger partial charge in [0, 0.05) is 0 Å². The molecule has 0 bridgehead atoms. The summed E-state index contributed by atoms with van der Waals surface area (Å²) in [4.78, 5) is 0. The zero-order valence-electron chi connectivity index (χ0n) is 10.0. The Balaban J connectivity index is 2.85. The van der Waals surface area contributed by atoms with E-state index in [2.05, 4.69) is 19.2 Å². The van der Waals surface area contributed by atoms with Crippen molar-refractivity contribution < 1.29 is 0 Å². The van der Waals surface area contributed by atoms with Crippen LogP contribution in [0, 0.1) is 5.92 Å². The molecule has 0 saturated heterocycles. The van der Waals surface area contributed by atoms with Gasteiger partial charge in [-0.15, -0.1) is 0 Å². The lowest BCUT2D eigenvalue weighted by molar-refractivity contribution is 0.519. The van der Waals surface area contributed by atoms with Gasteiger partial charge in [0.25, 0.3) is 0 Å². The molecule has 3 N–H and O–H groups in total. The van der Waals surface area contributed by atoms with Gasteiger partial charge in [0.2, 0.25) is 0 Å². The Labute approximate surface area is 89.6 Å². The van der Waals surface area contributed by atoms with Gasteiger partial charge < -0.3 is 11.1 Å². The van der Waals surface area contributed by atoms with Crippen LogP contribution in [0.3, 0.4) is 0 Å². The van der Waals surface area contributed by atoms with Crippen molar-refractivity contribution in [3.8, 4) is 0 Å². The molecule has 0 aliphatic carbocycles. The Kier molecular flexibility index (Phi) is 10.9. The average molecular weight is 200 g/mol. The van der Waals surface area contributed by atoms with E-state index in [0.717, 1.165) is 12.5 Å². The summed E-state index contributed by atoms with van der Waals surface area (Å²) in [6.07, 6.45) is 7.83. The topological polar surface area (TPSA) is 38.0 Å². The summed E-state index contributed by atoms with van der Waals surface area (Å²) >= 11 is 0. The molecule has 0 amide bonds. The molecule has 0 aromatic rings. The molecule has 86 valence electrons. The molecule has 0 unspecified atom stereocenters. The van der Waals surface area contributed by atoms with Crippen molar-refractivity contribution in [1.29, 1.82) is 0 Å². The summed E-state index contributed by atoms with van der Waals surface area (Å²) in [5, 5.41) is 3.48. The maximum Gasteiger partial charge on any atom is -0.00465 e. The Bertz CT molecular complexity index is 102. The highest BCUT2D eigenvalue weighted by molar-refractivity contribution is 4.52. The van der Waals surface area contributed by atoms with Gasteiger partial charge in [-0.05, 0) is 44.8 Å². The van der Waals surface area contributed by atoms with Gasteiger partial charge in [-0.2, -0.15) is 0 Å². The summed E-state index contributed by atoms with van der Waals surface area (Å²) in [6.45, 7) is 7.77. The largest absolute Gasteiger partial charge is 0.330 e. The van der Waals surface area contributed by atoms with Crippen LogP contribution in [0.2, 0.25) is 0 Å². The molecular weight excluding hydrogens is 172 g/mol. The smallest absolute Gasteiger partial charge is 0.00465 e. The molecule has 2 heteroatoms. The summed E-state index contributed by atoms with van der Waals surface area (Å²) in [5.41, 5.74) is 5.42. The van der Waals surface area contributed by atoms with E-state index in [4.69, 9.17) is 5.73 Å². The van der Waals surface area contributed by atoms with Crippen molar-refractivity contribution in [3.05, 3.63) is 0 Å². The number of hydrogen-bond donors (Lipinski definition) is 2. The zero-order valence-corrected chi connectivity index (χ0v) is 10.0. The van der Waals surface area contributed by atoms with Crippen LogP contribution in [0.25, 0.3) is 0 Å². The van der Waals surface area contributed by atoms with Gasteiger partial charge in [0.1, 0.15) is 0 Å². The van der Waals surface area contributed by atoms with Crippen molar-refractivity contribution in [3.63, 3.8) is 0 Å². The second-order valence-corrected chi connectivity index (χ2v) is 4.49. The average Bonchev–Trinajstić information content (AvgIpc) is 2.15. The molecule has 0 aliphatic heterocycles. The van der Waals surface area contributed by atoms with Crippen molar-refractivity contribution in [1.82, 2.24) is 5.32 Å². The highest BCUT2D eigenvalue weighted by atomic mass is 14.8. The first-order chi connectivity index (χ1) is 6.77. The quantitative estimate of drug-likeness (QED) is 0.532. The lowest BCUT2D eigenvalue weighted by Crippen LogP contribution is -2.18. The SMILES string of the molecule is CC(C)CCNCCCCCCCN. The van der Waals surface area contributed by atoms with E-state index < -0.39 is 0 Å². The predicted octanol–water partition coefficient (Wildman–Crippen LogP) is 2.53. The molecule has 0 aliphatic rings. The van der Waals surface area contributed by atoms with E-state index in [0.29, 0.717) is 0 Å². The van der Waals surface area contributed by atoms with Crippen LogP contribution in [0.1, 0.15) is 52.4 Å². The normalized spacial score (nSPS) is 11.1. The van der Waals surface area contributed by atoms with E-state index in [1.54, 1.807) is 0 Å². The Morgan fingerprint density at radius 1 is 0.929 bits per heavy atom. The summed E-state index contributed by atoms with van der Waals surface area (Å²) < 4.78 is 0. The highest BCUT2D eigenvalue weighted by Crippen LogP contribution is 2.01. The third-order valence-corrected chi connectivity index (χ3v) is 2.46. The van der Waals surface area contributed by atoms with Crippen LogP contribution in [0.4, 0.5) is 0 Å². The number of rotatable bonds is 10. The first-order valence-electron chi connectivity index (χ1n) is 6.18. The molecule has 0 fully saturated rings. The number of nitrogens with two attached hydrogens (primary N) is 1. The van der Waals surface area contributed by atoms with Crippen LogP contribution in [0.5, 0.6) is 0 Å². The third-order valence-electron chi connectivity index (χ3n) is 2.46. The molecule has 0 aromatic carbocycles. The lowest BCUT2D eigenvalue weighted by atomic mass is 10.1. The van der Waals surface area contributed by atoms with Gasteiger partial charge in [0.15, 0.2) is 0 Å². The minimum Gasteiger partial charge on any atom is -0.330 e. The fourth-order valence-corrected chi connectivity index (χ4v) is 1.44. The third kappa shape index (κ3) is 11.9. The van der Waals surface area contributed by atoms with Crippen molar-refractivity contribution >= 4 is 0 Å². The maximum atomic E-state index is 5.42. The Morgan fingerprint density at radius 3 is 2.21 bits per heavy atom. The lowest BCUT2D eigenvalue weighted by Gasteiger charge is -2.06. The minimum atomic E-state index is 0.826. The molecule has 0 spiro atoms. The molecule has 0 atom stereocenters. The van der Waals surface area contributed by atoms with Crippen LogP contribution < -0.4 is 11.1 Å². The fourth-order valence-electron chi connectivity index (χ4n) is 1.44. The number of nitrogens with one attached hydrogen (secondary N) is 1. The maximum absolute atomic E-state index is 5.42. The number of unbranched alkanes of at least 4 members (excludes halogenated alkanes) is 4. The molecule has 0 heterocycles. The van der Waals surface area contributed by atoms with E-state index in [1.807, 2.05) is 0 Å². The molecule has 0 rings (SSSR count). The molecule has 0 radical (unpaired) electrons. The first-order valence-corrected chi connectivity index (χ1v) is 6.18. The van der Waals surface area contributed by atoms with Crippen LogP contribution in [0.15, 0.2) is 0 Å². The standard InChI is InChI=1S/C12H28N2/c1-12(2)8-11-14-10-7-5-3-4-6-9-13/h12,14H,3-11,13H2,1-2H3. The second-order valence-electron chi connectivity index (χ2n) is 4.49. The highest BCUT2D eigenvalue weighted by Gasteiger charge is 1.93. The number of hydrogen-bond acceptors (Lipinski definition) is 2. The van der Waals surface area contributed by atoms with E-state index in [1.165, 1.54) is 51.6 Å². The second kappa shape index (κ2) is 11.0. The Hall–Kier alpha value is -0.0800. The molecule has 0 aromatic heterocycles. The van der Waals surface area contributed by atoms with Crippen LogP contribution >= 0.6 is 0 Å². The van der Waals surface area contributed by atoms with Crippen molar-refractivity contribution in [2.45, 2.75) is 52.4 Å². The van der Waals surface area contributed by atoms with Gasteiger partial charge in [0.05, 0.1) is 0 Å². The summed E-state index contributed by atoms with van der Waals surface area (Å²) in [6, 6.07) is 0. The van der Waals surface area contributed by atoms with Gasteiger partial charge in [-0.1, -0.05) is 33.1 Å². The van der Waals surface area contributed by atoms with Crippen molar-refractivity contribution in [2.24, 2.45) is 11.7 Å². The zero-order chi connectivity index (χ0) is 10.6. The van der Waals surface area contributed by atoms with Gasteiger partial charge in [-0.25, -0.2) is 0 Å². The predicted molar refractivity (Wildman–Crippen MR) is 64.5 cm³/mol. The van der Waals surface area contributed by atoms with Crippen LogP contribution in [-0.2, 0) is 0 Å². The van der Waals surface area contributed by atoms with E-state index in [-0.39, 0.29) is 0 Å². The van der Waals surface area contributed by atoms with E-state index in [9.17, 15) is 0 Å². The van der Waals surface area contributed by atoms with Gasteiger partial charge in [-0.3, -0.25) is 0 Å². The monoisotopic (exact) mass is 200 g/mol. The molecule has 2 nitrogen and oxygen atoms in total. The molecule has 0 saturated carbocycles. The minimum absolute atomic E-state index is 0.826. The fraction of sp³-hybridized carbons (Fsp3) is 1.00. The van der Waals surface area contributed by atoms with E-state index >= 15 is 0 Å². The molecule has 14 heavy (non-hydrogen) atoms. The summed E-state index contributed by atoms with van der Waals surface area (Å²) in [7, 11) is 0.